The van der Waals surface area contributed by atoms with Crippen molar-refractivity contribution in [3.63, 3.8) is 0 Å². The van der Waals surface area contributed by atoms with E-state index in [0.29, 0.717) is 31.9 Å². The Morgan fingerprint density at radius 1 is 1.00 bits per heavy atom. The Morgan fingerprint density at radius 3 is 2.31 bits per heavy atom. The second-order valence-electron chi connectivity index (χ2n) is 7.15. The number of anilines is 2. The maximum absolute atomic E-state index is 12.9. The molecule has 8 nitrogen and oxygen atoms in total. The molecule has 2 N–H and O–H groups in total. The molecule has 4 rings (SSSR count). The van der Waals surface area contributed by atoms with Crippen molar-refractivity contribution in [2.24, 2.45) is 0 Å². The Kier molecular flexibility index (Phi) is 6.46. The minimum atomic E-state index is -1.42. The summed E-state index contributed by atoms with van der Waals surface area (Å²) in [6.45, 7) is 2.47. The van der Waals surface area contributed by atoms with Crippen molar-refractivity contribution in [3.05, 3.63) is 60.7 Å². The Labute approximate surface area is 189 Å². The molecule has 0 aliphatic carbocycles. The highest BCUT2D eigenvalue weighted by atomic mass is 32.1. The number of amides is 2. The van der Waals surface area contributed by atoms with Gasteiger partial charge in [0.1, 0.15) is 5.75 Å². The van der Waals surface area contributed by atoms with Gasteiger partial charge in [0.2, 0.25) is 5.06 Å². The van der Waals surface area contributed by atoms with Crippen molar-refractivity contribution in [1.82, 2.24) is 4.90 Å². The number of ether oxygens (including phenoxy) is 2. The van der Waals surface area contributed by atoms with Crippen LogP contribution in [0.25, 0.3) is 10.4 Å². The molecule has 0 unspecified atom stereocenters. The average molecular weight is 454 g/mol. The number of benzene rings is 2. The number of nitrogens with zero attached hydrogens (tertiary/aromatic N) is 2. The van der Waals surface area contributed by atoms with E-state index in [4.69, 9.17) is 14.6 Å². The van der Waals surface area contributed by atoms with E-state index in [-0.39, 0.29) is 11.1 Å². The molecule has 1 saturated heterocycles. The Balaban J connectivity index is 1.42. The van der Waals surface area contributed by atoms with Gasteiger partial charge in [-0.05, 0) is 35.9 Å². The first-order valence-electron chi connectivity index (χ1n) is 10.1. The van der Waals surface area contributed by atoms with E-state index in [9.17, 15) is 9.59 Å². The number of carbonyl (C=O) groups excluding carboxylic acids is 1. The van der Waals surface area contributed by atoms with Gasteiger partial charge in [-0.2, -0.15) is 0 Å². The Morgan fingerprint density at radius 2 is 1.69 bits per heavy atom. The Bertz CT molecular complexity index is 1080. The van der Waals surface area contributed by atoms with E-state index in [1.165, 1.54) is 11.3 Å². The lowest BCUT2D eigenvalue weighted by Crippen LogP contribution is -2.50. The molecule has 1 aliphatic rings. The molecular weight excluding hydrogens is 430 g/mol. The summed E-state index contributed by atoms with van der Waals surface area (Å²) in [7, 11) is 1.63. The summed E-state index contributed by atoms with van der Waals surface area (Å²) in [4.78, 5) is 28.7. The van der Waals surface area contributed by atoms with Gasteiger partial charge in [0, 0.05) is 36.7 Å². The lowest BCUT2D eigenvalue weighted by atomic mass is 10.2. The maximum atomic E-state index is 12.9. The molecule has 0 saturated carbocycles. The number of piperazine rings is 1. The number of hydrogen-bond donors (Lipinski definition) is 2. The number of nitrogens with one attached hydrogen (secondary N) is 1. The third-order valence-corrected chi connectivity index (χ3v) is 6.24. The van der Waals surface area contributed by atoms with Crippen molar-refractivity contribution < 1.29 is 24.2 Å². The minimum absolute atomic E-state index is 0.140. The van der Waals surface area contributed by atoms with Gasteiger partial charge >= 0.3 is 12.2 Å². The summed E-state index contributed by atoms with van der Waals surface area (Å²) in [5, 5.41) is 12.0. The minimum Gasteiger partial charge on any atom is -0.497 e. The maximum Gasteiger partial charge on any atom is 0.512 e. The van der Waals surface area contributed by atoms with Crippen LogP contribution in [0.4, 0.5) is 21.0 Å². The van der Waals surface area contributed by atoms with E-state index in [0.717, 1.165) is 21.9 Å². The highest BCUT2D eigenvalue weighted by molar-refractivity contribution is 7.18. The van der Waals surface area contributed by atoms with Crippen LogP contribution >= 0.6 is 11.3 Å². The topological polar surface area (TPSA) is 91.3 Å². The van der Waals surface area contributed by atoms with Crippen LogP contribution in [0.3, 0.4) is 0 Å². The van der Waals surface area contributed by atoms with Crippen molar-refractivity contribution in [2.75, 3.05) is 43.5 Å². The third kappa shape index (κ3) is 4.94. The Hall–Kier alpha value is -3.72. The molecular formula is C23H23N3O5S. The predicted molar refractivity (Wildman–Crippen MR) is 124 cm³/mol. The van der Waals surface area contributed by atoms with Gasteiger partial charge in [-0.3, -0.25) is 0 Å². The molecule has 0 bridgehead atoms. The zero-order chi connectivity index (χ0) is 22.5. The van der Waals surface area contributed by atoms with Crippen LogP contribution in [0.5, 0.6) is 10.8 Å². The molecule has 0 radical (unpaired) electrons. The SMILES string of the molecule is COc1ccc(N2CCN(C(=O)Nc3cc(-c4ccccc4)sc3OC(=O)O)CC2)cc1. The number of carbonyl (C=O) groups is 2. The number of thiophene rings is 1. The number of urea groups is 1. The van der Waals surface area contributed by atoms with Gasteiger partial charge in [-0.15, -0.1) is 0 Å². The summed E-state index contributed by atoms with van der Waals surface area (Å²) in [6.07, 6.45) is -1.42. The zero-order valence-electron chi connectivity index (χ0n) is 17.5. The van der Waals surface area contributed by atoms with E-state index in [1.807, 2.05) is 54.6 Å². The summed E-state index contributed by atoms with van der Waals surface area (Å²) in [5.74, 6) is 0.803. The van der Waals surface area contributed by atoms with Crippen molar-refractivity contribution in [1.29, 1.82) is 0 Å². The second kappa shape index (κ2) is 9.61. The summed E-state index contributed by atoms with van der Waals surface area (Å²) in [6, 6.07) is 18.8. The fraction of sp³-hybridized carbons (Fsp3) is 0.217. The summed E-state index contributed by atoms with van der Waals surface area (Å²) < 4.78 is 10.1. The fourth-order valence-electron chi connectivity index (χ4n) is 3.52. The number of carboxylic acid groups (broad SMARTS) is 1. The molecule has 2 amide bonds. The standard InChI is InChI=1S/C23H23N3O5S/c1-30-18-9-7-17(8-10-18)25-11-13-26(14-12-25)22(27)24-19-15-20(16-5-3-2-4-6-16)32-21(19)31-23(28)29/h2-10,15H,11-14H2,1H3,(H,24,27)(H,28,29). The molecule has 1 aromatic heterocycles. The summed E-state index contributed by atoms with van der Waals surface area (Å²) >= 11 is 1.18. The van der Waals surface area contributed by atoms with E-state index >= 15 is 0 Å². The van der Waals surface area contributed by atoms with Gasteiger partial charge in [0.25, 0.3) is 0 Å². The average Bonchev–Trinajstić information content (AvgIpc) is 3.21. The van der Waals surface area contributed by atoms with Crippen molar-refractivity contribution in [2.45, 2.75) is 0 Å². The lowest BCUT2D eigenvalue weighted by molar-refractivity contribution is 0.146. The molecule has 3 aromatic rings. The molecule has 2 heterocycles. The van der Waals surface area contributed by atoms with Gasteiger partial charge in [0.15, 0.2) is 0 Å². The van der Waals surface area contributed by atoms with Gasteiger partial charge in [-0.25, -0.2) is 9.59 Å². The molecule has 1 aliphatic heterocycles. The van der Waals surface area contributed by atoms with Crippen LogP contribution in [0.15, 0.2) is 60.7 Å². The number of methoxy groups -OCH3 is 1. The van der Waals surface area contributed by atoms with E-state index in [1.54, 1.807) is 18.1 Å². The van der Waals surface area contributed by atoms with Crippen molar-refractivity contribution in [3.8, 4) is 21.3 Å². The van der Waals surface area contributed by atoms with Crippen LogP contribution in [0.2, 0.25) is 0 Å². The molecule has 9 heteroatoms. The highest BCUT2D eigenvalue weighted by Gasteiger charge is 2.24. The molecule has 166 valence electrons. The molecule has 0 atom stereocenters. The first-order valence-corrected chi connectivity index (χ1v) is 10.9. The third-order valence-electron chi connectivity index (χ3n) is 5.18. The second-order valence-corrected chi connectivity index (χ2v) is 8.16. The smallest absolute Gasteiger partial charge is 0.497 e. The van der Waals surface area contributed by atoms with Gasteiger partial charge in [0.05, 0.1) is 12.8 Å². The highest BCUT2D eigenvalue weighted by Crippen LogP contribution is 2.41. The fourth-order valence-corrected chi connectivity index (χ4v) is 4.48. The van der Waals surface area contributed by atoms with E-state index < -0.39 is 6.16 Å². The first kappa shape index (κ1) is 21.5. The number of hydrogen-bond acceptors (Lipinski definition) is 6. The van der Waals surface area contributed by atoms with Crippen LogP contribution in [-0.4, -0.2) is 55.5 Å². The van der Waals surface area contributed by atoms with Gasteiger partial charge < -0.3 is 29.7 Å². The van der Waals surface area contributed by atoms with Gasteiger partial charge in [-0.1, -0.05) is 41.7 Å². The van der Waals surface area contributed by atoms with E-state index in [2.05, 4.69) is 10.2 Å². The largest absolute Gasteiger partial charge is 0.512 e. The molecule has 0 spiro atoms. The normalized spacial score (nSPS) is 13.5. The monoisotopic (exact) mass is 453 g/mol. The van der Waals surface area contributed by atoms with Crippen LogP contribution < -0.4 is 19.7 Å². The molecule has 32 heavy (non-hydrogen) atoms. The van der Waals surface area contributed by atoms with Crippen LogP contribution in [0, 0.1) is 0 Å². The molecule has 2 aromatic carbocycles. The van der Waals surface area contributed by atoms with Crippen LogP contribution in [-0.2, 0) is 0 Å². The molecule has 1 fully saturated rings. The lowest BCUT2D eigenvalue weighted by Gasteiger charge is -2.36. The first-order chi connectivity index (χ1) is 15.5. The predicted octanol–water partition coefficient (Wildman–Crippen LogP) is 4.83. The van der Waals surface area contributed by atoms with Crippen molar-refractivity contribution >= 4 is 34.9 Å². The quantitative estimate of drug-likeness (QED) is 0.538. The zero-order valence-corrected chi connectivity index (χ0v) is 18.3. The van der Waals surface area contributed by atoms with Crippen LogP contribution in [0.1, 0.15) is 0 Å². The number of rotatable bonds is 5. The summed E-state index contributed by atoms with van der Waals surface area (Å²) in [5.41, 5.74) is 2.34.